The van der Waals surface area contributed by atoms with Crippen LogP contribution in [-0.2, 0) is 22.5 Å². The van der Waals surface area contributed by atoms with Crippen molar-refractivity contribution in [3.05, 3.63) is 70.3 Å². The lowest BCUT2D eigenvalue weighted by atomic mass is 9.96. The zero-order valence-electron chi connectivity index (χ0n) is 16.1. The molecule has 0 spiro atoms. The van der Waals surface area contributed by atoms with Crippen molar-refractivity contribution in [2.45, 2.75) is 25.8 Å². The van der Waals surface area contributed by atoms with E-state index in [1.165, 1.54) is 18.0 Å². The first kappa shape index (κ1) is 18.9. The number of amides is 1. The van der Waals surface area contributed by atoms with E-state index in [9.17, 15) is 14.4 Å². The van der Waals surface area contributed by atoms with Crippen LogP contribution in [-0.4, -0.2) is 35.1 Å². The van der Waals surface area contributed by atoms with Gasteiger partial charge in [0.2, 0.25) is 5.91 Å². The monoisotopic (exact) mass is 391 g/mol. The number of carbonyl (C=O) groups is 2. The summed E-state index contributed by atoms with van der Waals surface area (Å²) >= 11 is 0. The molecule has 2 aromatic carbocycles. The molecule has 2 heterocycles. The zero-order chi connectivity index (χ0) is 20.4. The van der Waals surface area contributed by atoms with Crippen LogP contribution in [0.3, 0.4) is 0 Å². The van der Waals surface area contributed by atoms with E-state index in [2.05, 4.69) is 4.98 Å². The molecule has 0 aliphatic carbocycles. The number of carbonyl (C=O) groups excluding carboxylic acids is 2. The highest BCUT2D eigenvalue weighted by atomic mass is 16.5. The van der Waals surface area contributed by atoms with E-state index in [4.69, 9.17) is 4.74 Å². The Morgan fingerprint density at radius 3 is 2.79 bits per heavy atom. The van der Waals surface area contributed by atoms with Crippen molar-refractivity contribution in [2.75, 3.05) is 18.6 Å². The first-order valence-electron chi connectivity index (χ1n) is 9.55. The second kappa shape index (κ2) is 7.87. The molecule has 3 aromatic rings. The van der Waals surface area contributed by atoms with Gasteiger partial charge in [0.05, 0.1) is 29.9 Å². The summed E-state index contributed by atoms with van der Waals surface area (Å²) in [5.41, 5.74) is 2.56. The Balaban J connectivity index is 1.56. The number of esters is 1. The summed E-state index contributed by atoms with van der Waals surface area (Å²) in [5, 5.41) is 0.536. The van der Waals surface area contributed by atoms with Crippen LogP contribution in [0.2, 0.25) is 0 Å². The summed E-state index contributed by atoms with van der Waals surface area (Å²) in [4.78, 5) is 43.6. The maximum absolute atomic E-state index is 12.9. The molecule has 29 heavy (non-hydrogen) atoms. The number of nitrogens with zero attached hydrogens (tertiary/aromatic N) is 3. The normalized spacial score (nSPS) is 13.2. The Hall–Kier alpha value is -3.48. The largest absolute Gasteiger partial charge is 0.465 e. The van der Waals surface area contributed by atoms with Gasteiger partial charge in [-0.1, -0.05) is 18.2 Å². The Morgan fingerprint density at radius 1 is 1.14 bits per heavy atom. The molecular weight excluding hydrogens is 370 g/mol. The molecule has 0 radical (unpaired) electrons. The summed E-state index contributed by atoms with van der Waals surface area (Å²) in [6.45, 7) is 0.833. The molecule has 148 valence electrons. The predicted molar refractivity (Wildman–Crippen MR) is 109 cm³/mol. The molecule has 0 unspecified atom stereocenters. The third kappa shape index (κ3) is 3.51. The lowest BCUT2D eigenvalue weighted by Crippen LogP contribution is -2.37. The molecule has 4 rings (SSSR count). The van der Waals surface area contributed by atoms with Gasteiger partial charge in [0.25, 0.3) is 5.56 Å². The number of benzene rings is 2. The predicted octanol–water partition coefficient (Wildman–Crippen LogP) is 2.55. The number of fused-ring (bicyclic) bond motifs is 2. The minimum Gasteiger partial charge on any atom is -0.465 e. The maximum atomic E-state index is 12.9. The van der Waals surface area contributed by atoms with Gasteiger partial charge in [0.15, 0.2) is 0 Å². The molecule has 0 bridgehead atoms. The molecule has 1 aromatic heterocycles. The van der Waals surface area contributed by atoms with Crippen LogP contribution in [0.4, 0.5) is 5.69 Å². The maximum Gasteiger partial charge on any atom is 0.338 e. The molecule has 1 amide bonds. The van der Waals surface area contributed by atoms with E-state index >= 15 is 0 Å². The zero-order valence-corrected chi connectivity index (χ0v) is 16.1. The fourth-order valence-electron chi connectivity index (χ4n) is 3.80. The number of rotatable bonds is 4. The first-order chi connectivity index (χ1) is 14.1. The third-order valence-corrected chi connectivity index (χ3v) is 5.26. The fourth-order valence-corrected chi connectivity index (χ4v) is 3.80. The summed E-state index contributed by atoms with van der Waals surface area (Å²) in [6, 6.07) is 12.5. The second-order valence-corrected chi connectivity index (χ2v) is 6.95. The number of anilines is 1. The molecule has 1 aliphatic rings. The fraction of sp³-hybridized carbons (Fsp3) is 0.273. The van der Waals surface area contributed by atoms with Crippen molar-refractivity contribution in [3.8, 4) is 0 Å². The summed E-state index contributed by atoms with van der Waals surface area (Å²) in [7, 11) is 1.35. The third-order valence-electron chi connectivity index (χ3n) is 5.26. The molecule has 7 nitrogen and oxygen atoms in total. The van der Waals surface area contributed by atoms with Gasteiger partial charge in [-0.05, 0) is 42.7 Å². The Kier molecular flexibility index (Phi) is 5.12. The molecule has 7 heteroatoms. The van der Waals surface area contributed by atoms with Crippen molar-refractivity contribution in [2.24, 2.45) is 0 Å². The molecule has 0 atom stereocenters. The van der Waals surface area contributed by atoms with Crippen molar-refractivity contribution < 1.29 is 14.3 Å². The Labute approximate surface area is 167 Å². The van der Waals surface area contributed by atoms with E-state index in [0.717, 1.165) is 24.1 Å². The average molecular weight is 391 g/mol. The number of methoxy groups -OCH3 is 1. The van der Waals surface area contributed by atoms with E-state index in [1.807, 2.05) is 12.1 Å². The van der Waals surface area contributed by atoms with Gasteiger partial charge < -0.3 is 9.64 Å². The Morgan fingerprint density at radius 2 is 1.97 bits per heavy atom. The minimum absolute atomic E-state index is 0.0898. The van der Waals surface area contributed by atoms with E-state index in [1.54, 1.807) is 35.2 Å². The molecule has 0 saturated heterocycles. The summed E-state index contributed by atoms with van der Waals surface area (Å²) in [5.74, 6) is -0.488. The highest BCUT2D eigenvalue weighted by molar-refractivity contribution is 5.98. The number of para-hydroxylation sites is 1. The quantitative estimate of drug-likeness (QED) is 0.639. The average Bonchev–Trinajstić information content (AvgIpc) is 2.77. The van der Waals surface area contributed by atoms with Crippen LogP contribution in [0, 0.1) is 0 Å². The van der Waals surface area contributed by atoms with Crippen LogP contribution < -0.4 is 10.5 Å². The summed E-state index contributed by atoms with van der Waals surface area (Å²) in [6.07, 6.45) is 3.14. The van der Waals surface area contributed by atoms with Crippen molar-refractivity contribution in [1.82, 2.24) is 9.55 Å². The van der Waals surface area contributed by atoms with Gasteiger partial charge >= 0.3 is 5.97 Å². The SMILES string of the molecule is COC(=O)c1cccc2c1CCCN2C(=O)CCn1cnc2ccccc2c1=O. The van der Waals surface area contributed by atoms with E-state index < -0.39 is 5.97 Å². The standard InChI is InChI=1S/C22H21N3O4/c1-29-22(28)16-7-4-10-19-15(16)8-5-12-25(19)20(26)11-13-24-14-23-18-9-3-2-6-17(18)21(24)27/h2-4,6-7,9-10,14H,5,8,11-13H2,1H3. The van der Waals surface area contributed by atoms with Crippen LogP contribution in [0.25, 0.3) is 10.9 Å². The summed E-state index contributed by atoms with van der Waals surface area (Å²) < 4.78 is 6.33. The first-order valence-corrected chi connectivity index (χ1v) is 9.55. The number of ether oxygens (including phenoxy) is 1. The van der Waals surface area contributed by atoms with Gasteiger partial charge in [-0.15, -0.1) is 0 Å². The molecule has 0 N–H and O–H groups in total. The molecule has 0 fully saturated rings. The van der Waals surface area contributed by atoms with Gasteiger partial charge in [0, 0.05) is 25.2 Å². The van der Waals surface area contributed by atoms with E-state index in [0.29, 0.717) is 23.0 Å². The van der Waals surface area contributed by atoms with Crippen molar-refractivity contribution >= 4 is 28.5 Å². The lowest BCUT2D eigenvalue weighted by Gasteiger charge is -2.30. The van der Waals surface area contributed by atoms with Crippen molar-refractivity contribution in [1.29, 1.82) is 0 Å². The Bertz CT molecular complexity index is 1150. The van der Waals surface area contributed by atoms with Gasteiger partial charge in [-0.3, -0.25) is 14.2 Å². The number of hydrogen-bond donors (Lipinski definition) is 0. The van der Waals surface area contributed by atoms with Crippen LogP contribution in [0.15, 0.2) is 53.6 Å². The van der Waals surface area contributed by atoms with E-state index in [-0.39, 0.29) is 24.4 Å². The number of hydrogen-bond acceptors (Lipinski definition) is 5. The number of aromatic nitrogens is 2. The highest BCUT2D eigenvalue weighted by Crippen LogP contribution is 2.30. The topological polar surface area (TPSA) is 81.5 Å². The van der Waals surface area contributed by atoms with Crippen molar-refractivity contribution in [3.63, 3.8) is 0 Å². The lowest BCUT2D eigenvalue weighted by molar-refractivity contribution is -0.118. The second-order valence-electron chi connectivity index (χ2n) is 6.95. The van der Waals surface area contributed by atoms with Crippen LogP contribution in [0.5, 0.6) is 0 Å². The van der Waals surface area contributed by atoms with Gasteiger partial charge in [0.1, 0.15) is 0 Å². The molecular formula is C22H21N3O4. The number of aryl methyl sites for hydroxylation is 1. The molecule has 0 saturated carbocycles. The van der Waals surface area contributed by atoms with Crippen LogP contribution >= 0.6 is 0 Å². The minimum atomic E-state index is -0.398. The molecule has 1 aliphatic heterocycles. The van der Waals surface area contributed by atoms with Gasteiger partial charge in [-0.2, -0.15) is 0 Å². The highest BCUT2D eigenvalue weighted by Gasteiger charge is 2.26. The smallest absolute Gasteiger partial charge is 0.338 e. The van der Waals surface area contributed by atoms with Crippen LogP contribution in [0.1, 0.15) is 28.8 Å². The van der Waals surface area contributed by atoms with Gasteiger partial charge in [-0.25, -0.2) is 9.78 Å².